The monoisotopic (exact) mass is 358 g/mol. The Kier molecular flexibility index (Phi) is 5.45. The van der Waals surface area contributed by atoms with E-state index in [2.05, 4.69) is 20.5 Å². The lowest BCUT2D eigenvalue weighted by molar-refractivity contribution is -0.116. The van der Waals surface area contributed by atoms with Crippen molar-refractivity contribution >= 4 is 23.3 Å². The fourth-order valence-electron chi connectivity index (χ4n) is 2.51. The number of nitrogens with one attached hydrogen (secondary N) is 1. The first-order chi connectivity index (χ1) is 12.1. The standard InChI is InChI=1S/C17H19ClN6O/c1-13-9-20-24(10-14-4-2-5-15(18)8-14)17(13)22-16(25)6-3-7-23-12-19-11-21-23/h2,4-5,8-9,11-12H,3,6-7,10H2,1H3,(H,22,25). The van der Waals surface area contributed by atoms with E-state index in [1.807, 2.05) is 31.2 Å². The van der Waals surface area contributed by atoms with Crippen molar-refractivity contribution in [1.29, 1.82) is 0 Å². The minimum absolute atomic E-state index is 0.0453. The van der Waals surface area contributed by atoms with Crippen LogP contribution in [0.4, 0.5) is 5.82 Å². The Bertz CT molecular complexity index is 843. The molecule has 0 aliphatic carbocycles. The van der Waals surface area contributed by atoms with Crippen molar-refractivity contribution in [1.82, 2.24) is 24.5 Å². The largest absolute Gasteiger partial charge is 0.311 e. The number of nitrogens with zero attached hydrogens (tertiary/aromatic N) is 5. The van der Waals surface area contributed by atoms with Crippen LogP contribution >= 0.6 is 11.6 Å². The molecule has 0 saturated carbocycles. The quantitative estimate of drug-likeness (QED) is 0.704. The number of carbonyl (C=O) groups is 1. The second-order valence-corrected chi connectivity index (χ2v) is 6.21. The Balaban J connectivity index is 1.60. The minimum atomic E-state index is -0.0453. The van der Waals surface area contributed by atoms with E-state index in [9.17, 15) is 4.79 Å². The SMILES string of the molecule is Cc1cnn(Cc2cccc(Cl)c2)c1NC(=O)CCCn1cncn1. The number of amides is 1. The maximum absolute atomic E-state index is 12.2. The van der Waals surface area contributed by atoms with Gasteiger partial charge >= 0.3 is 0 Å². The first kappa shape index (κ1) is 17.2. The third-order valence-corrected chi connectivity index (χ3v) is 3.99. The molecule has 3 aromatic rings. The van der Waals surface area contributed by atoms with Gasteiger partial charge in [0.2, 0.25) is 5.91 Å². The molecule has 0 radical (unpaired) electrons. The van der Waals surface area contributed by atoms with Crippen molar-refractivity contribution < 1.29 is 4.79 Å². The van der Waals surface area contributed by atoms with Crippen LogP contribution < -0.4 is 5.32 Å². The molecule has 0 spiro atoms. The van der Waals surface area contributed by atoms with Crippen molar-refractivity contribution in [3.63, 3.8) is 0 Å². The molecule has 3 rings (SSSR count). The molecule has 1 N–H and O–H groups in total. The first-order valence-electron chi connectivity index (χ1n) is 8.01. The highest BCUT2D eigenvalue weighted by Crippen LogP contribution is 2.18. The van der Waals surface area contributed by atoms with Crippen LogP contribution in [0.25, 0.3) is 0 Å². The molecular weight excluding hydrogens is 340 g/mol. The highest BCUT2D eigenvalue weighted by Gasteiger charge is 2.12. The number of aryl methyl sites for hydroxylation is 2. The number of hydrogen-bond acceptors (Lipinski definition) is 4. The van der Waals surface area contributed by atoms with Crippen LogP contribution in [0.3, 0.4) is 0 Å². The lowest BCUT2D eigenvalue weighted by Gasteiger charge is -2.11. The van der Waals surface area contributed by atoms with Crippen LogP contribution in [-0.2, 0) is 17.9 Å². The van der Waals surface area contributed by atoms with Gasteiger partial charge in [-0.25, -0.2) is 9.67 Å². The highest BCUT2D eigenvalue weighted by molar-refractivity contribution is 6.30. The fraction of sp³-hybridized carbons (Fsp3) is 0.294. The lowest BCUT2D eigenvalue weighted by Crippen LogP contribution is -2.17. The summed E-state index contributed by atoms with van der Waals surface area (Å²) < 4.78 is 3.48. The Morgan fingerprint density at radius 2 is 2.20 bits per heavy atom. The second-order valence-electron chi connectivity index (χ2n) is 5.77. The van der Waals surface area contributed by atoms with Gasteiger partial charge in [-0.15, -0.1) is 0 Å². The van der Waals surface area contributed by atoms with Gasteiger partial charge in [-0.2, -0.15) is 10.2 Å². The van der Waals surface area contributed by atoms with E-state index in [4.69, 9.17) is 11.6 Å². The number of hydrogen-bond donors (Lipinski definition) is 1. The number of aromatic nitrogens is 5. The molecule has 7 nitrogen and oxygen atoms in total. The van der Waals surface area contributed by atoms with Crippen LogP contribution in [0.2, 0.25) is 5.02 Å². The summed E-state index contributed by atoms with van der Waals surface area (Å²) in [5, 5.41) is 12.0. The van der Waals surface area contributed by atoms with Crippen molar-refractivity contribution in [2.24, 2.45) is 0 Å². The third kappa shape index (κ3) is 4.67. The van der Waals surface area contributed by atoms with Crippen molar-refractivity contribution in [2.45, 2.75) is 32.9 Å². The van der Waals surface area contributed by atoms with Gasteiger partial charge in [0.1, 0.15) is 18.5 Å². The van der Waals surface area contributed by atoms with E-state index in [-0.39, 0.29) is 5.91 Å². The Hall–Kier alpha value is -2.67. The maximum Gasteiger partial charge on any atom is 0.225 e. The summed E-state index contributed by atoms with van der Waals surface area (Å²) in [5.41, 5.74) is 1.95. The van der Waals surface area contributed by atoms with Gasteiger partial charge in [-0.05, 0) is 31.0 Å². The topological polar surface area (TPSA) is 77.6 Å². The van der Waals surface area contributed by atoms with Gasteiger partial charge in [0.05, 0.1) is 12.7 Å². The van der Waals surface area contributed by atoms with Gasteiger partial charge in [-0.3, -0.25) is 9.48 Å². The van der Waals surface area contributed by atoms with Crippen LogP contribution in [0, 0.1) is 6.92 Å². The molecule has 130 valence electrons. The predicted octanol–water partition coefficient (Wildman–Crippen LogP) is 2.90. The summed E-state index contributed by atoms with van der Waals surface area (Å²) >= 11 is 6.03. The smallest absolute Gasteiger partial charge is 0.225 e. The van der Waals surface area contributed by atoms with Gasteiger partial charge in [0.15, 0.2) is 0 Å². The summed E-state index contributed by atoms with van der Waals surface area (Å²) in [4.78, 5) is 16.1. The van der Waals surface area contributed by atoms with Crippen LogP contribution in [0.15, 0.2) is 43.1 Å². The summed E-state index contributed by atoms with van der Waals surface area (Å²) in [6.07, 6.45) is 5.97. The maximum atomic E-state index is 12.2. The van der Waals surface area contributed by atoms with Gasteiger partial charge in [-0.1, -0.05) is 23.7 Å². The molecule has 0 fully saturated rings. The van der Waals surface area contributed by atoms with Gasteiger partial charge in [0, 0.05) is 23.6 Å². The number of carbonyl (C=O) groups excluding carboxylic acids is 1. The Morgan fingerprint density at radius 1 is 1.32 bits per heavy atom. The van der Waals surface area contributed by atoms with Gasteiger partial charge < -0.3 is 5.32 Å². The van der Waals surface area contributed by atoms with E-state index in [0.29, 0.717) is 36.8 Å². The lowest BCUT2D eigenvalue weighted by atomic mass is 10.2. The van der Waals surface area contributed by atoms with E-state index < -0.39 is 0 Å². The molecule has 25 heavy (non-hydrogen) atoms. The Labute approximate surface area is 150 Å². The zero-order valence-corrected chi connectivity index (χ0v) is 14.6. The number of anilines is 1. The van der Waals surface area contributed by atoms with Crippen molar-refractivity contribution in [3.8, 4) is 0 Å². The number of rotatable bonds is 7. The zero-order chi connectivity index (χ0) is 17.6. The van der Waals surface area contributed by atoms with Gasteiger partial charge in [0.25, 0.3) is 0 Å². The minimum Gasteiger partial charge on any atom is -0.311 e. The molecule has 2 aromatic heterocycles. The van der Waals surface area contributed by atoms with Crippen molar-refractivity contribution in [2.75, 3.05) is 5.32 Å². The normalized spacial score (nSPS) is 10.8. The van der Waals surface area contributed by atoms with Crippen LogP contribution in [-0.4, -0.2) is 30.5 Å². The van der Waals surface area contributed by atoms with E-state index in [0.717, 1.165) is 11.1 Å². The predicted molar refractivity (Wildman–Crippen MR) is 95.4 cm³/mol. The molecule has 0 atom stereocenters. The molecule has 1 amide bonds. The highest BCUT2D eigenvalue weighted by atomic mass is 35.5. The van der Waals surface area contributed by atoms with E-state index in [1.54, 1.807) is 21.9 Å². The average Bonchev–Trinajstić information content (AvgIpc) is 3.20. The molecule has 0 bridgehead atoms. The summed E-state index contributed by atoms with van der Waals surface area (Å²) in [6, 6.07) is 7.60. The van der Waals surface area contributed by atoms with E-state index in [1.165, 1.54) is 6.33 Å². The van der Waals surface area contributed by atoms with E-state index >= 15 is 0 Å². The average molecular weight is 359 g/mol. The molecule has 0 aliphatic rings. The molecule has 2 heterocycles. The summed E-state index contributed by atoms with van der Waals surface area (Å²) in [5.74, 6) is 0.668. The molecule has 8 heteroatoms. The first-order valence-corrected chi connectivity index (χ1v) is 8.39. The van der Waals surface area contributed by atoms with Crippen molar-refractivity contribution in [3.05, 3.63) is 59.3 Å². The Morgan fingerprint density at radius 3 is 2.96 bits per heavy atom. The second kappa shape index (κ2) is 7.94. The number of halogens is 1. The molecule has 0 unspecified atom stereocenters. The molecular formula is C17H19ClN6O. The third-order valence-electron chi connectivity index (χ3n) is 3.76. The van der Waals surface area contributed by atoms with Crippen LogP contribution in [0.1, 0.15) is 24.0 Å². The number of benzene rings is 1. The zero-order valence-electron chi connectivity index (χ0n) is 13.9. The van der Waals surface area contributed by atoms with Crippen LogP contribution in [0.5, 0.6) is 0 Å². The molecule has 0 aliphatic heterocycles. The fourth-order valence-corrected chi connectivity index (χ4v) is 2.73. The molecule has 1 aromatic carbocycles. The summed E-state index contributed by atoms with van der Waals surface area (Å²) in [7, 11) is 0. The molecule has 0 saturated heterocycles. The summed E-state index contributed by atoms with van der Waals surface area (Å²) in [6.45, 7) is 3.13.